The smallest absolute Gasteiger partial charge is 0.125 e. The largest absolute Gasteiger partial charge is 0.382 e. The molecule has 0 spiro atoms. The molecular formula is C12H18FN. The van der Waals surface area contributed by atoms with Crippen molar-refractivity contribution >= 4 is 5.69 Å². The lowest BCUT2D eigenvalue weighted by Crippen LogP contribution is -2.21. The van der Waals surface area contributed by atoms with Crippen LogP contribution in [0.1, 0.15) is 26.3 Å². The molecule has 0 heterocycles. The van der Waals surface area contributed by atoms with Crippen LogP contribution < -0.4 is 5.32 Å². The van der Waals surface area contributed by atoms with Gasteiger partial charge in [0.2, 0.25) is 0 Å². The Balaban J connectivity index is 2.76. The summed E-state index contributed by atoms with van der Waals surface area (Å²) < 4.78 is 13.0. The standard InChI is InChI=1S/C12H18FN/c1-8(2)10(4)14-12-6-9(3)5-11(13)7-12/h5-8,10,14H,1-4H3/t10-/m1/s1. The summed E-state index contributed by atoms with van der Waals surface area (Å²) in [5, 5.41) is 3.28. The Hall–Kier alpha value is -1.05. The zero-order chi connectivity index (χ0) is 10.7. The van der Waals surface area contributed by atoms with Crippen molar-refractivity contribution in [2.75, 3.05) is 5.32 Å². The fourth-order valence-corrected chi connectivity index (χ4v) is 1.25. The number of halogens is 1. The summed E-state index contributed by atoms with van der Waals surface area (Å²) in [5.41, 5.74) is 1.81. The molecule has 0 saturated heterocycles. The van der Waals surface area contributed by atoms with Crippen LogP contribution in [0.25, 0.3) is 0 Å². The number of aryl methyl sites for hydroxylation is 1. The van der Waals surface area contributed by atoms with Gasteiger partial charge in [0.15, 0.2) is 0 Å². The minimum atomic E-state index is -0.177. The molecule has 1 aromatic carbocycles. The van der Waals surface area contributed by atoms with E-state index in [4.69, 9.17) is 0 Å². The predicted molar refractivity (Wildman–Crippen MR) is 59.1 cm³/mol. The summed E-state index contributed by atoms with van der Waals surface area (Å²) in [4.78, 5) is 0. The average molecular weight is 195 g/mol. The number of benzene rings is 1. The van der Waals surface area contributed by atoms with Crippen LogP contribution in [0.2, 0.25) is 0 Å². The highest BCUT2D eigenvalue weighted by Crippen LogP contribution is 2.16. The van der Waals surface area contributed by atoms with Crippen molar-refractivity contribution in [3.63, 3.8) is 0 Å². The third-order valence-corrected chi connectivity index (χ3v) is 2.44. The van der Waals surface area contributed by atoms with E-state index in [0.717, 1.165) is 11.3 Å². The minimum Gasteiger partial charge on any atom is -0.382 e. The fraction of sp³-hybridized carbons (Fsp3) is 0.500. The molecule has 78 valence electrons. The normalized spacial score (nSPS) is 13.0. The second-order valence-corrected chi connectivity index (χ2v) is 4.19. The molecule has 1 nitrogen and oxygen atoms in total. The molecule has 0 aliphatic heterocycles. The van der Waals surface area contributed by atoms with Gasteiger partial charge in [-0.05, 0) is 43.5 Å². The summed E-state index contributed by atoms with van der Waals surface area (Å²) >= 11 is 0. The SMILES string of the molecule is Cc1cc(F)cc(N[C@H](C)C(C)C)c1. The van der Waals surface area contributed by atoms with Crippen LogP contribution in [0.5, 0.6) is 0 Å². The molecule has 1 N–H and O–H groups in total. The lowest BCUT2D eigenvalue weighted by atomic mass is 10.1. The van der Waals surface area contributed by atoms with E-state index in [1.54, 1.807) is 0 Å². The zero-order valence-corrected chi connectivity index (χ0v) is 9.26. The van der Waals surface area contributed by atoms with Crippen LogP contribution in [0, 0.1) is 18.7 Å². The Morgan fingerprint density at radius 1 is 1.14 bits per heavy atom. The van der Waals surface area contributed by atoms with Gasteiger partial charge in [-0.2, -0.15) is 0 Å². The summed E-state index contributed by atoms with van der Waals surface area (Å²) in [7, 11) is 0. The molecule has 2 heteroatoms. The van der Waals surface area contributed by atoms with E-state index < -0.39 is 0 Å². The molecule has 0 radical (unpaired) electrons. The van der Waals surface area contributed by atoms with Gasteiger partial charge in [-0.1, -0.05) is 13.8 Å². The maximum absolute atomic E-state index is 13.0. The van der Waals surface area contributed by atoms with E-state index in [2.05, 4.69) is 26.1 Å². The highest BCUT2D eigenvalue weighted by atomic mass is 19.1. The van der Waals surface area contributed by atoms with Crippen molar-refractivity contribution in [3.8, 4) is 0 Å². The Bertz CT molecular complexity index is 287. The lowest BCUT2D eigenvalue weighted by molar-refractivity contribution is 0.559. The van der Waals surface area contributed by atoms with Crippen LogP contribution in [-0.4, -0.2) is 6.04 Å². The van der Waals surface area contributed by atoms with Gasteiger partial charge in [-0.3, -0.25) is 0 Å². The molecule has 0 unspecified atom stereocenters. The van der Waals surface area contributed by atoms with Crippen molar-refractivity contribution in [2.24, 2.45) is 5.92 Å². The minimum absolute atomic E-state index is 0.177. The maximum Gasteiger partial charge on any atom is 0.125 e. The Kier molecular flexibility index (Phi) is 3.50. The third kappa shape index (κ3) is 3.02. The van der Waals surface area contributed by atoms with Gasteiger partial charge in [0.25, 0.3) is 0 Å². The van der Waals surface area contributed by atoms with E-state index in [1.165, 1.54) is 12.1 Å². The molecule has 0 aliphatic carbocycles. The number of anilines is 1. The van der Waals surface area contributed by atoms with Crippen LogP contribution in [0.3, 0.4) is 0 Å². The van der Waals surface area contributed by atoms with E-state index in [-0.39, 0.29) is 5.82 Å². The molecule has 0 amide bonds. The van der Waals surface area contributed by atoms with Gasteiger partial charge in [0.1, 0.15) is 5.82 Å². The molecule has 1 atom stereocenters. The van der Waals surface area contributed by atoms with Gasteiger partial charge in [-0.25, -0.2) is 4.39 Å². The second-order valence-electron chi connectivity index (χ2n) is 4.19. The first kappa shape index (κ1) is 11.0. The molecule has 14 heavy (non-hydrogen) atoms. The number of nitrogens with one attached hydrogen (secondary N) is 1. The Morgan fingerprint density at radius 3 is 2.29 bits per heavy atom. The van der Waals surface area contributed by atoms with Gasteiger partial charge < -0.3 is 5.32 Å². The fourth-order valence-electron chi connectivity index (χ4n) is 1.25. The molecular weight excluding hydrogens is 177 g/mol. The zero-order valence-electron chi connectivity index (χ0n) is 9.26. The highest BCUT2D eigenvalue weighted by molar-refractivity contribution is 5.46. The first-order chi connectivity index (χ1) is 6.49. The van der Waals surface area contributed by atoms with E-state index in [0.29, 0.717) is 12.0 Å². The third-order valence-electron chi connectivity index (χ3n) is 2.44. The molecule has 1 aromatic rings. The van der Waals surface area contributed by atoms with Gasteiger partial charge in [-0.15, -0.1) is 0 Å². The van der Waals surface area contributed by atoms with E-state index in [9.17, 15) is 4.39 Å². The Morgan fingerprint density at radius 2 is 1.79 bits per heavy atom. The first-order valence-electron chi connectivity index (χ1n) is 5.03. The van der Waals surface area contributed by atoms with Gasteiger partial charge >= 0.3 is 0 Å². The van der Waals surface area contributed by atoms with Crippen molar-refractivity contribution in [2.45, 2.75) is 33.7 Å². The maximum atomic E-state index is 13.0. The quantitative estimate of drug-likeness (QED) is 0.777. The predicted octanol–water partition coefficient (Wildman–Crippen LogP) is 3.59. The molecule has 0 saturated carbocycles. The van der Waals surface area contributed by atoms with E-state index in [1.807, 2.05) is 13.0 Å². The van der Waals surface area contributed by atoms with Crippen molar-refractivity contribution < 1.29 is 4.39 Å². The van der Waals surface area contributed by atoms with Gasteiger partial charge in [0, 0.05) is 11.7 Å². The summed E-state index contributed by atoms with van der Waals surface area (Å²) in [6.45, 7) is 8.28. The molecule has 0 aromatic heterocycles. The number of hydrogen-bond acceptors (Lipinski definition) is 1. The summed E-state index contributed by atoms with van der Waals surface area (Å²) in [6.07, 6.45) is 0. The van der Waals surface area contributed by atoms with Crippen LogP contribution in [-0.2, 0) is 0 Å². The molecule has 0 bridgehead atoms. The molecule has 0 fully saturated rings. The average Bonchev–Trinajstić information content (AvgIpc) is 2.01. The van der Waals surface area contributed by atoms with Crippen LogP contribution >= 0.6 is 0 Å². The Labute approximate surface area is 85.3 Å². The molecule has 1 rings (SSSR count). The van der Waals surface area contributed by atoms with Gasteiger partial charge in [0.05, 0.1) is 0 Å². The van der Waals surface area contributed by atoms with Crippen LogP contribution in [0.4, 0.5) is 10.1 Å². The monoisotopic (exact) mass is 195 g/mol. The van der Waals surface area contributed by atoms with E-state index >= 15 is 0 Å². The first-order valence-corrected chi connectivity index (χ1v) is 5.03. The summed E-state index contributed by atoms with van der Waals surface area (Å²) in [5.74, 6) is 0.363. The number of hydrogen-bond donors (Lipinski definition) is 1. The second kappa shape index (κ2) is 4.45. The molecule has 0 aliphatic rings. The van der Waals surface area contributed by atoms with Crippen LogP contribution in [0.15, 0.2) is 18.2 Å². The topological polar surface area (TPSA) is 12.0 Å². The number of rotatable bonds is 3. The van der Waals surface area contributed by atoms with Crippen molar-refractivity contribution in [3.05, 3.63) is 29.6 Å². The van der Waals surface area contributed by atoms with Crippen molar-refractivity contribution in [1.82, 2.24) is 0 Å². The van der Waals surface area contributed by atoms with Crippen molar-refractivity contribution in [1.29, 1.82) is 0 Å². The highest BCUT2D eigenvalue weighted by Gasteiger charge is 2.07. The lowest BCUT2D eigenvalue weighted by Gasteiger charge is -2.19. The summed E-state index contributed by atoms with van der Waals surface area (Å²) in [6, 6.07) is 5.38.